The number of anilines is 1. The molecule has 0 radical (unpaired) electrons. The van der Waals surface area contributed by atoms with Gasteiger partial charge in [-0.3, -0.25) is 9.10 Å². The lowest BCUT2D eigenvalue weighted by Crippen LogP contribution is -2.51. The molecule has 4 rings (SSSR count). The number of methoxy groups -OCH3 is 1. The molecule has 0 aliphatic carbocycles. The van der Waals surface area contributed by atoms with Gasteiger partial charge < -0.3 is 14.8 Å². The van der Waals surface area contributed by atoms with Gasteiger partial charge in [0.25, 0.3) is 15.9 Å². The Bertz CT molecular complexity index is 1280. The van der Waals surface area contributed by atoms with E-state index >= 15 is 0 Å². The first-order valence-corrected chi connectivity index (χ1v) is 12.6. The largest absolute Gasteiger partial charge is 0.496 e. The number of carbonyl (C=O) groups is 1. The van der Waals surface area contributed by atoms with E-state index in [0.717, 1.165) is 16.9 Å². The van der Waals surface area contributed by atoms with Crippen molar-refractivity contribution in [3.63, 3.8) is 0 Å². The van der Waals surface area contributed by atoms with E-state index in [1.807, 2.05) is 32.0 Å². The molecular weight excluding hydrogens is 452 g/mol. The van der Waals surface area contributed by atoms with Crippen LogP contribution in [-0.2, 0) is 14.8 Å². The molecule has 2 atom stereocenters. The van der Waals surface area contributed by atoms with Crippen LogP contribution in [0.2, 0.25) is 0 Å². The fraction of sp³-hybridized carbons (Fsp3) is 0.269. The van der Waals surface area contributed by atoms with Gasteiger partial charge in [-0.15, -0.1) is 0 Å². The molecule has 8 heteroatoms. The van der Waals surface area contributed by atoms with Crippen LogP contribution in [-0.4, -0.2) is 34.1 Å². The van der Waals surface area contributed by atoms with Crippen molar-refractivity contribution >= 4 is 21.6 Å². The number of amides is 1. The third-order valence-electron chi connectivity index (χ3n) is 5.90. The summed E-state index contributed by atoms with van der Waals surface area (Å²) in [6.45, 7) is 3.80. The van der Waals surface area contributed by atoms with Crippen LogP contribution in [0.25, 0.3) is 0 Å². The van der Waals surface area contributed by atoms with E-state index in [0.29, 0.717) is 17.9 Å². The Labute approximate surface area is 200 Å². The highest BCUT2D eigenvalue weighted by molar-refractivity contribution is 7.92. The van der Waals surface area contributed by atoms with Gasteiger partial charge in [-0.1, -0.05) is 49.4 Å². The van der Waals surface area contributed by atoms with Crippen molar-refractivity contribution in [1.82, 2.24) is 5.32 Å². The standard InChI is InChI=1S/C26H28N2O5S/c1-4-21(19-14-15-23(32-3)18(2)16-19)27-26(29)25-17-28(22-12-8-9-13-24(22)33-25)34(30,31)20-10-6-5-7-11-20/h5-16,21,25H,4,17H2,1-3H3,(H,27,29). The topological polar surface area (TPSA) is 84.9 Å². The van der Waals surface area contributed by atoms with Gasteiger partial charge in [0.15, 0.2) is 6.10 Å². The summed E-state index contributed by atoms with van der Waals surface area (Å²) in [4.78, 5) is 13.4. The van der Waals surface area contributed by atoms with Gasteiger partial charge in [0, 0.05) is 0 Å². The Balaban J connectivity index is 1.61. The third-order valence-corrected chi connectivity index (χ3v) is 7.70. The molecule has 1 N–H and O–H groups in total. The number of para-hydroxylation sites is 2. The zero-order chi connectivity index (χ0) is 24.3. The van der Waals surface area contributed by atoms with E-state index in [-0.39, 0.29) is 23.4 Å². The molecule has 0 fully saturated rings. The fourth-order valence-corrected chi connectivity index (χ4v) is 5.59. The number of sulfonamides is 1. The number of aryl methyl sites for hydroxylation is 1. The van der Waals surface area contributed by atoms with E-state index in [9.17, 15) is 13.2 Å². The Hall–Kier alpha value is -3.52. The first kappa shape index (κ1) is 23.6. The molecule has 0 bridgehead atoms. The van der Waals surface area contributed by atoms with Gasteiger partial charge in [-0.05, 0) is 54.8 Å². The maximum atomic E-state index is 13.4. The van der Waals surface area contributed by atoms with E-state index in [4.69, 9.17) is 9.47 Å². The van der Waals surface area contributed by atoms with Gasteiger partial charge >= 0.3 is 0 Å². The number of carbonyl (C=O) groups excluding carboxylic acids is 1. The number of fused-ring (bicyclic) bond motifs is 1. The van der Waals surface area contributed by atoms with Crippen molar-refractivity contribution in [2.75, 3.05) is 18.0 Å². The number of benzene rings is 3. The zero-order valence-electron chi connectivity index (χ0n) is 19.4. The molecule has 1 amide bonds. The summed E-state index contributed by atoms with van der Waals surface area (Å²) >= 11 is 0. The minimum atomic E-state index is -3.88. The number of nitrogens with one attached hydrogen (secondary N) is 1. The van der Waals surface area contributed by atoms with Gasteiger partial charge in [-0.25, -0.2) is 8.42 Å². The molecule has 1 aliphatic rings. The quantitative estimate of drug-likeness (QED) is 0.547. The smallest absolute Gasteiger partial charge is 0.264 e. The number of ether oxygens (including phenoxy) is 2. The van der Waals surface area contributed by atoms with Crippen LogP contribution in [0.15, 0.2) is 77.7 Å². The summed E-state index contributed by atoms with van der Waals surface area (Å²) in [7, 11) is -2.26. The molecule has 34 heavy (non-hydrogen) atoms. The van der Waals surface area contributed by atoms with Crippen molar-refractivity contribution in [2.24, 2.45) is 0 Å². The number of rotatable bonds is 7. The molecule has 178 valence electrons. The summed E-state index contributed by atoms with van der Waals surface area (Å²) in [5.74, 6) is 0.753. The second kappa shape index (κ2) is 9.77. The lowest BCUT2D eigenvalue weighted by atomic mass is 10.0. The molecule has 3 aromatic rings. The maximum absolute atomic E-state index is 13.4. The summed E-state index contributed by atoms with van der Waals surface area (Å²) < 4.78 is 39.4. The minimum absolute atomic E-state index is 0.127. The van der Waals surface area contributed by atoms with Crippen molar-refractivity contribution in [3.05, 3.63) is 83.9 Å². The highest BCUT2D eigenvalue weighted by Crippen LogP contribution is 2.37. The lowest BCUT2D eigenvalue weighted by molar-refractivity contribution is -0.128. The summed E-state index contributed by atoms with van der Waals surface area (Å²) in [5.41, 5.74) is 2.32. The Kier molecular flexibility index (Phi) is 6.79. The Morgan fingerprint density at radius 2 is 1.82 bits per heavy atom. The Morgan fingerprint density at radius 3 is 2.50 bits per heavy atom. The predicted octanol–water partition coefficient (Wildman–Crippen LogP) is 4.23. The van der Waals surface area contributed by atoms with Crippen LogP contribution >= 0.6 is 0 Å². The molecule has 0 saturated heterocycles. The SMILES string of the molecule is CCC(NC(=O)C1CN(S(=O)(=O)c2ccccc2)c2ccccc2O1)c1ccc(OC)c(C)c1. The molecule has 0 spiro atoms. The average Bonchev–Trinajstić information content (AvgIpc) is 2.86. The molecule has 1 aliphatic heterocycles. The monoisotopic (exact) mass is 480 g/mol. The van der Waals surface area contributed by atoms with Crippen molar-refractivity contribution in [1.29, 1.82) is 0 Å². The second-order valence-corrected chi connectivity index (χ2v) is 9.98. The highest BCUT2D eigenvalue weighted by Gasteiger charge is 2.37. The van der Waals surface area contributed by atoms with E-state index in [1.165, 1.54) is 4.31 Å². The van der Waals surface area contributed by atoms with Gasteiger partial charge in [0.05, 0.1) is 30.3 Å². The van der Waals surface area contributed by atoms with Gasteiger partial charge in [0.1, 0.15) is 11.5 Å². The zero-order valence-corrected chi connectivity index (χ0v) is 20.2. The molecular formula is C26H28N2O5S. The van der Waals surface area contributed by atoms with Gasteiger partial charge in [0.2, 0.25) is 0 Å². The van der Waals surface area contributed by atoms with E-state index in [1.54, 1.807) is 61.7 Å². The molecule has 0 saturated carbocycles. The maximum Gasteiger partial charge on any atom is 0.264 e. The molecule has 7 nitrogen and oxygen atoms in total. The highest BCUT2D eigenvalue weighted by atomic mass is 32.2. The van der Waals surface area contributed by atoms with Crippen LogP contribution in [0, 0.1) is 6.92 Å². The first-order chi connectivity index (χ1) is 16.3. The second-order valence-electron chi connectivity index (χ2n) is 8.12. The Morgan fingerprint density at radius 1 is 1.12 bits per heavy atom. The van der Waals surface area contributed by atoms with E-state index < -0.39 is 16.1 Å². The van der Waals surface area contributed by atoms with Crippen LogP contribution in [0.4, 0.5) is 5.69 Å². The fourth-order valence-electron chi connectivity index (χ4n) is 4.09. The summed E-state index contributed by atoms with van der Waals surface area (Å²) in [5, 5.41) is 3.03. The lowest BCUT2D eigenvalue weighted by Gasteiger charge is -2.35. The minimum Gasteiger partial charge on any atom is -0.496 e. The molecule has 1 heterocycles. The predicted molar refractivity (Wildman–Crippen MR) is 131 cm³/mol. The van der Waals surface area contributed by atoms with Crippen LogP contribution < -0.4 is 19.1 Å². The number of hydrogen-bond acceptors (Lipinski definition) is 5. The van der Waals surface area contributed by atoms with Crippen molar-refractivity contribution in [2.45, 2.75) is 37.3 Å². The molecule has 2 unspecified atom stereocenters. The third kappa shape index (κ3) is 4.59. The van der Waals surface area contributed by atoms with Crippen LogP contribution in [0.5, 0.6) is 11.5 Å². The van der Waals surface area contributed by atoms with E-state index in [2.05, 4.69) is 5.32 Å². The van der Waals surface area contributed by atoms with Crippen LogP contribution in [0.1, 0.15) is 30.5 Å². The summed E-state index contributed by atoms with van der Waals surface area (Å²) in [6, 6.07) is 20.6. The number of hydrogen-bond donors (Lipinski definition) is 1. The average molecular weight is 481 g/mol. The summed E-state index contributed by atoms with van der Waals surface area (Å²) in [6.07, 6.45) is -0.339. The first-order valence-electron chi connectivity index (χ1n) is 11.1. The van der Waals surface area contributed by atoms with Gasteiger partial charge in [-0.2, -0.15) is 0 Å². The van der Waals surface area contributed by atoms with Crippen molar-refractivity contribution < 1.29 is 22.7 Å². The molecule has 3 aromatic carbocycles. The van der Waals surface area contributed by atoms with Crippen LogP contribution in [0.3, 0.4) is 0 Å². The normalized spacial score (nSPS) is 16.2. The molecule has 0 aromatic heterocycles. The van der Waals surface area contributed by atoms with Crippen molar-refractivity contribution in [3.8, 4) is 11.5 Å². The number of nitrogens with zero attached hydrogens (tertiary/aromatic N) is 1.